The van der Waals surface area contributed by atoms with Gasteiger partial charge < -0.3 is 14.2 Å². The van der Waals surface area contributed by atoms with E-state index >= 15 is 0 Å². The average molecular weight is 399 g/mol. The third-order valence-electron chi connectivity index (χ3n) is 3.69. The number of halogens is 1. The van der Waals surface area contributed by atoms with Crippen molar-refractivity contribution < 1.29 is 14.2 Å². The van der Waals surface area contributed by atoms with Gasteiger partial charge in [0.2, 0.25) is 0 Å². The SMILES string of the molecule is COc1cc(Br)c(OCc2ccccc2)cc1OCc1ccccc1. The van der Waals surface area contributed by atoms with Crippen LogP contribution in [0.25, 0.3) is 0 Å². The Balaban J connectivity index is 1.75. The van der Waals surface area contributed by atoms with Crippen molar-refractivity contribution in [1.29, 1.82) is 0 Å². The molecule has 0 aliphatic heterocycles. The van der Waals surface area contributed by atoms with Crippen LogP contribution in [-0.2, 0) is 13.2 Å². The van der Waals surface area contributed by atoms with Crippen molar-refractivity contribution in [1.82, 2.24) is 0 Å². The summed E-state index contributed by atoms with van der Waals surface area (Å²) in [7, 11) is 1.63. The van der Waals surface area contributed by atoms with Crippen LogP contribution in [0.2, 0.25) is 0 Å². The predicted molar refractivity (Wildman–Crippen MR) is 102 cm³/mol. The van der Waals surface area contributed by atoms with Crippen molar-refractivity contribution >= 4 is 15.9 Å². The van der Waals surface area contributed by atoms with E-state index in [1.807, 2.05) is 72.8 Å². The molecule has 0 aliphatic rings. The predicted octanol–water partition coefficient (Wildman–Crippen LogP) is 5.62. The standard InChI is InChI=1S/C21H19BrO3/c1-23-20-12-18(22)19(24-14-16-8-4-2-5-9-16)13-21(20)25-15-17-10-6-3-7-11-17/h2-13H,14-15H2,1H3. The Morgan fingerprint density at radius 2 is 1.20 bits per heavy atom. The zero-order chi connectivity index (χ0) is 17.5. The minimum atomic E-state index is 0.469. The van der Waals surface area contributed by atoms with Crippen molar-refractivity contribution in [2.24, 2.45) is 0 Å². The van der Waals surface area contributed by atoms with Crippen LogP contribution >= 0.6 is 15.9 Å². The van der Waals surface area contributed by atoms with Gasteiger partial charge in [-0.05, 0) is 27.1 Å². The van der Waals surface area contributed by atoms with Crippen molar-refractivity contribution in [3.05, 3.63) is 88.4 Å². The number of hydrogen-bond acceptors (Lipinski definition) is 3. The van der Waals surface area contributed by atoms with E-state index in [-0.39, 0.29) is 0 Å². The van der Waals surface area contributed by atoms with Crippen LogP contribution < -0.4 is 14.2 Å². The fourth-order valence-electron chi connectivity index (χ4n) is 2.37. The maximum Gasteiger partial charge on any atom is 0.165 e. The number of methoxy groups -OCH3 is 1. The average Bonchev–Trinajstić information content (AvgIpc) is 2.67. The Morgan fingerprint density at radius 3 is 1.72 bits per heavy atom. The molecule has 4 heteroatoms. The first kappa shape index (κ1) is 17.4. The molecule has 0 saturated carbocycles. The second kappa shape index (κ2) is 8.58. The van der Waals surface area contributed by atoms with Crippen LogP contribution in [0.3, 0.4) is 0 Å². The van der Waals surface area contributed by atoms with Crippen molar-refractivity contribution in [3.8, 4) is 17.2 Å². The van der Waals surface area contributed by atoms with E-state index < -0.39 is 0 Å². The van der Waals surface area contributed by atoms with Gasteiger partial charge in [-0.15, -0.1) is 0 Å². The molecule has 0 aliphatic carbocycles. The molecule has 0 spiro atoms. The Hall–Kier alpha value is -2.46. The van der Waals surface area contributed by atoms with Gasteiger partial charge in [0.1, 0.15) is 19.0 Å². The van der Waals surface area contributed by atoms with E-state index in [4.69, 9.17) is 14.2 Å². The van der Waals surface area contributed by atoms with Crippen LogP contribution in [0.15, 0.2) is 77.3 Å². The number of rotatable bonds is 7. The number of hydrogen-bond donors (Lipinski definition) is 0. The zero-order valence-corrected chi connectivity index (χ0v) is 15.5. The van der Waals surface area contributed by atoms with Gasteiger partial charge in [0, 0.05) is 12.1 Å². The van der Waals surface area contributed by atoms with Crippen molar-refractivity contribution in [2.45, 2.75) is 13.2 Å². The molecule has 25 heavy (non-hydrogen) atoms. The first-order chi connectivity index (χ1) is 12.3. The van der Waals surface area contributed by atoms with Gasteiger partial charge in [0.15, 0.2) is 11.5 Å². The molecular formula is C21H19BrO3. The van der Waals surface area contributed by atoms with E-state index in [2.05, 4.69) is 15.9 Å². The number of benzene rings is 3. The van der Waals surface area contributed by atoms with Gasteiger partial charge in [0.05, 0.1) is 11.6 Å². The van der Waals surface area contributed by atoms with Crippen LogP contribution in [0.5, 0.6) is 17.2 Å². The highest BCUT2D eigenvalue weighted by molar-refractivity contribution is 9.10. The molecule has 0 radical (unpaired) electrons. The summed E-state index contributed by atoms with van der Waals surface area (Å²) in [5.41, 5.74) is 2.20. The third-order valence-corrected chi connectivity index (χ3v) is 4.31. The topological polar surface area (TPSA) is 27.7 Å². The van der Waals surface area contributed by atoms with Crippen LogP contribution in [0, 0.1) is 0 Å². The van der Waals surface area contributed by atoms with E-state index in [9.17, 15) is 0 Å². The molecule has 0 saturated heterocycles. The summed E-state index contributed by atoms with van der Waals surface area (Å²) in [6.07, 6.45) is 0. The lowest BCUT2D eigenvalue weighted by atomic mass is 10.2. The Labute approximate surface area is 156 Å². The Kier molecular flexibility index (Phi) is 5.96. The van der Waals surface area contributed by atoms with Crippen molar-refractivity contribution in [2.75, 3.05) is 7.11 Å². The minimum Gasteiger partial charge on any atom is -0.493 e. The molecule has 3 nitrogen and oxygen atoms in total. The van der Waals surface area contributed by atoms with Crippen LogP contribution in [0.4, 0.5) is 0 Å². The molecule has 0 amide bonds. The summed E-state index contributed by atoms with van der Waals surface area (Å²) < 4.78 is 18.1. The van der Waals surface area contributed by atoms with E-state index in [1.165, 1.54) is 0 Å². The largest absolute Gasteiger partial charge is 0.493 e. The van der Waals surface area contributed by atoms with Gasteiger partial charge in [-0.25, -0.2) is 0 Å². The molecule has 3 aromatic rings. The highest BCUT2D eigenvalue weighted by Gasteiger charge is 2.12. The van der Waals surface area contributed by atoms with Crippen LogP contribution in [-0.4, -0.2) is 7.11 Å². The molecular weight excluding hydrogens is 380 g/mol. The van der Waals surface area contributed by atoms with E-state index in [0.717, 1.165) is 15.6 Å². The van der Waals surface area contributed by atoms with Gasteiger partial charge >= 0.3 is 0 Å². The summed E-state index contributed by atoms with van der Waals surface area (Å²) in [5, 5.41) is 0. The summed E-state index contributed by atoms with van der Waals surface area (Å²) in [5.74, 6) is 2.03. The van der Waals surface area contributed by atoms with Gasteiger partial charge in [-0.1, -0.05) is 60.7 Å². The van der Waals surface area contributed by atoms with E-state index in [1.54, 1.807) is 7.11 Å². The second-order valence-electron chi connectivity index (χ2n) is 5.48. The molecule has 3 aromatic carbocycles. The Morgan fingerprint density at radius 1 is 0.680 bits per heavy atom. The molecule has 0 fully saturated rings. The van der Waals surface area contributed by atoms with Gasteiger partial charge in [-0.3, -0.25) is 0 Å². The Bertz CT molecular complexity index is 804. The fraction of sp³-hybridized carbons (Fsp3) is 0.143. The van der Waals surface area contributed by atoms with E-state index in [0.29, 0.717) is 30.5 Å². The highest BCUT2D eigenvalue weighted by Crippen LogP contribution is 2.38. The molecule has 0 unspecified atom stereocenters. The maximum atomic E-state index is 5.94. The minimum absolute atomic E-state index is 0.469. The molecule has 0 aromatic heterocycles. The smallest absolute Gasteiger partial charge is 0.165 e. The summed E-state index contributed by atoms with van der Waals surface area (Å²) in [4.78, 5) is 0. The summed E-state index contributed by atoms with van der Waals surface area (Å²) >= 11 is 3.53. The lowest BCUT2D eigenvalue weighted by Crippen LogP contribution is -2.00. The third kappa shape index (κ3) is 4.77. The van der Waals surface area contributed by atoms with Crippen LogP contribution in [0.1, 0.15) is 11.1 Å². The highest BCUT2D eigenvalue weighted by atomic mass is 79.9. The summed E-state index contributed by atoms with van der Waals surface area (Å²) in [6, 6.07) is 23.8. The molecule has 128 valence electrons. The molecule has 0 bridgehead atoms. The lowest BCUT2D eigenvalue weighted by Gasteiger charge is -2.15. The normalized spacial score (nSPS) is 10.3. The summed E-state index contributed by atoms with van der Waals surface area (Å²) in [6.45, 7) is 0.959. The fourth-order valence-corrected chi connectivity index (χ4v) is 2.81. The maximum absolute atomic E-state index is 5.94. The molecule has 0 atom stereocenters. The molecule has 0 heterocycles. The van der Waals surface area contributed by atoms with Crippen molar-refractivity contribution in [3.63, 3.8) is 0 Å². The van der Waals surface area contributed by atoms with Gasteiger partial charge in [0.25, 0.3) is 0 Å². The first-order valence-corrected chi connectivity index (χ1v) is 8.76. The quantitative estimate of drug-likeness (QED) is 0.517. The monoisotopic (exact) mass is 398 g/mol. The molecule has 3 rings (SSSR count). The second-order valence-corrected chi connectivity index (χ2v) is 6.34. The first-order valence-electron chi connectivity index (χ1n) is 7.97. The lowest BCUT2D eigenvalue weighted by molar-refractivity contribution is 0.274. The molecule has 0 N–H and O–H groups in total. The zero-order valence-electron chi connectivity index (χ0n) is 13.9. The number of ether oxygens (including phenoxy) is 3. The van der Waals surface area contributed by atoms with Gasteiger partial charge in [-0.2, -0.15) is 0 Å².